The highest BCUT2D eigenvalue weighted by Gasteiger charge is 2.69. The third-order valence-corrected chi connectivity index (χ3v) is 8.30. The van der Waals surface area contributed by atoms with E-state index < -0.39 is 6.04 Å². The Morgan fingerprint density at radius 3 is 2.29 bits per heavy atom. The Morgan fingerprint density at radius 2 is 1.80 bits per heavy atom. The lowest BCUT2D eigenvalue weighted by Gasteiger charge is -2.33. The van der Waals surface area contributed by atoms with E-state index in [-0.39, 0.29) is 34.3 Å². The molecule has 3 fully saturated rings. The Labute approximate surface area is 205 Å². The molecule has 4 N–H and O–H groups in total. The van der Waals surface area contributed by atoms with Crippen molar-refractivity contribution in [2.75, 3.05) is 12.4 Å². The third-order valence-electron chi connectivity index (χ3n) is 8.30. The maximum Gasteiger partial charge on any atom is 0.268 e. The summed E-state index contributed by atoms with van der Waals surface area (Å²) in [6, 6.07) is 3.06. The van der Waals surface area contributed by atoms with Crippen LogP contribution in [-0.4, -0.2) is 45.9 Å². The Hall–Kier alpha value is -3.49. The number of pyridine rings is 1. The Bertz CT molecular complexity index is 1150. The van der Waals surface area contributed by atoms with Crippen molar-refractivity contribution in [3.63, 3.8) is 0 Å². The average Bonchev–Trinajstić information content (AvgIpc) is 3.74. The van der Waals surface area contributed by atoms with Crippen molar-refractivity contribution in [3.05, 3.63) is 41.9 Å². The summed E-state index contributed by atoms with van der Waals surface area (Å²) in [6.07, 6.45) is 12.7. The molecule has 9 heteroatoms. The fourth-order valence-electron chi connectivity index (χ4n) is 6.26. The van der Waals surface area contributed by atoms with Crippen LogP contribution >= 0.6 is 0 Å². The van der Waals surface area contributed by atoms with Crippen molar-refractivity contribution in [1.82, 2.24) is 25.4 Å². The molecule has 5 rings (SSSR count). The topological polar surface area (TPSA) is 125 Å². The summed E-state index contributed by atoms with van der Waals surface area (Å²) in [6.45, 7) is 2.00. The number of anilines is 1. The summed E-state index contributed by atoms with van der Waals surface area (Å²) < 4.78 is 1.81. The van der Waals surface area contributed by atoms with Gasteiger partial charge < -0.3 is 21.4 Å². The molecule has 3 aliphatic rings. The van der Waals surface area contributed by atoms with Crippen LogP contribution < -0.4 is 16.0 Å². The second kappa shape index (κ2) is 8.62. The SMILES string of the molecule is CN/C(=C\C=N)C(=O)NC(C(=O)Nc1ccc(-c2c(C)cnn2C)cn1)C1C2(CC2)CCC12CC2. The van der Waals surface area contributed by atoms with Gasteiger partial charge in [-0.05, 0) is 86.0 Å². The van der Waals surface area contributed by atoms with Crippen LogP contribution in [0.3, 0.4) is 0 Å². The van der Waals surface area contributed by atoms with Crippen LogP contribution in [0, 0.1) is 29.1 Å². The highest BCUT2D eigenvalue weighted by Crippen LogP contribution is 2.75. The lowest BCUT2D eigenvalue weighted by atomic mass is 9.78. The Morgan fingerprint density at radius 1 is 1.14 bits per heavy atom. The molecule has 2 spiro atoms. The molecule has 0 saturated heterocycles. The van der Waals surface area contributed by atoms with E-state index in [2.05, 4.69) is 26.0 Å². The number of carbonyl (C=O) groups excluding carboxylic acids is 2. The average molecular weight is 476 g/mol. The van der Waals surface area contributed by atoms with E-state index in [0.29, 0.717) is 5.82 Å². The molecule has 3 aliphatic carbocycles. The summed E-state index contributed by atoms with van der Waals surface area (Å²) in [5.74, 6) is -0.0301. The maximum absolute atomic E-state index is 13.7. The first kappa shape index (κ1) is 23.3. The molecule has 1 atom stereocenters. The molecule has 0 bridgehead atoms. The van der Waals surface area contributed by atoms with E-state index in [1.807, 2.05) is 30.9 Å². The number of nitrogens with zero attached hydrogens (tertiary/aromatic N) is 3. The second-order valence-corrected chi connectivity index (χ2v) is 10.4. The molecular weight excluding hydrogens is 442 g/mol. The van der Waals surface area contributed by atoms with Gasteiger partial charge in [-0.1, -0.05) is 0 Å². The molecule has 1 unspecified atom stereocenters. The molecule has 0 radical (unpaired) electrons. The Kier molecular flexibility index (Phi) is 5.73. The van der Waals surface area contributed by atoms with Crippen molar-refractivity contribution in [3.8, 4) is 11.3 Å². The van der Waals surface area contributed by atoms with Crippen LogP contribution in [-0.2, 0) is 16.6 Å². The van der Waals surface area contributed by atoms with Crippen molar-refractivity contribution >= 4 is 23.8 Å². The first-order valence-corrected chi connectivity index (χ1v) is 12.3. The zero-order valence-corrected chi connectivity index (χ0v) is 20.5. The summed E-state index contributed by atoms with van der Waals surface area (Å²) >= 11 is 0. The van der Waals surface area contributed by atoms with Crippen molar-refractivity contribution < 1.29 is 9.59 Å². The largest absolute Gasteiger partial charge is 0.384 e. The molecule has 3 saturated carbocycles. The van der Waals surface area contributed by atoms with Gasteiger partial charge in [0.2, 0.25) is 5.91 Å². The second-order valence-electron chi connectivity index (χ2n) is 10.4. The number of aromatic nitrogens is 3. The summed E-state index contributed by atoms with van der Waals surface area (Å²) in [5, 5.41) is 20.5. The molecule has 2 aromatic rings. The van der Waals surface area contributed by atoms with Crippen LogP contribution in [0.4, 0.5) is 5.82 Å². The smallest absolute Gasteiger partial charge is 0.268 e. The summed E-state index contributed by atoms with van der Waals surface area (Å²) in [4.78, 5) is 31.2. The van der Waals surface area contributed by atoms with Gasteiger partial charge in [0.25, 0.3) is 5.91 Å². The van der Waals surface area contributed by atoms with Crippen LogP contribution in [0.5, 0.6) is 0 Å². The fraction of sp³-hybridized carbons (Fsp3) is 0.500. The van der Waals surface area contributed by atoms with Gasteiger partial charge in [0.15, 0.2) is 0 Å². The normalized spacial score (nSPS) is 20.5. The minimum Gasteiger partial charge on any atom is -0.384 e. The quantitative estimate of drug-likeness (QED) is 0.345. The van der Waals surface area contributed by atoms with Gasteiger partial charge in [-0.2, -0.15) is 5.10 Å². The molecule has 0 aliphatic heterocycles. The minimum atomic E-state index is -0.654. The molecule has 9 nitrogen and oxygen atoms in total. The predicted octanol–water partition coefficient (Wildman–Crippen LogP) is 2.94. The van der Waals surface area contributed by atoms with E-state index in [1.54, 1.807) is 19.3 Å². The molecule has 2 amide bonds. The summed E-state index contributed by atoms with van der Waals surface area (Å²) in [7, 11) is 3.53. The van der Waals surface area contributed by atoms with Crippen molar-refractivity contribution in [2.45, 2.75) is 51.5 Å². The van der Waals surface area contributed by atoms with E-state index in [0.717, 1.165) is 61.6 Å². The standard InChI is InChI=1S/C26H33N7O2/c1-16-14-30-33(3)21(16)17-4-5-19(29-15-17)31-24(35)20(32-23(34)18(28-2)6-13-27)22-25(7-8-25)11-12-26(22)9-10-26/h4-6,13-15,20,22,27-28H,7-12H2,1-3H3,(H,32,34)(H,29,31,35)/b18-6-,27-13?. The molecule has 2 aromatic heterocycles. The van der Waals surface area contributed by atoms with E-state index >= 15 is 0 Å². The molecule has 2 heterocycles. The van der Waals surface area contributed by atoms with Gasteiger partial charge in [0.1, 0.15) is 17.6 Å². The number of rotatable bonds is 8. The summed E-state index contributed by atoms with van der Waals surface area (Å²) in [5.41, 5.74) is 3.54. The fourth-order valence-corrected chi connectivity index (χ4v) is 6.26. The van der Waals surface area contributed by atoms with Crippen LogP contribution in [0.1, 0.15) is 44.1 Å². The van der Waals surface area contributed by atoms with E-state index in [9.17, 15) is 9.59 Å². The number of carbonyl (C=O) groups is 2. The highest BCUT2D eigenvalue weighted by atomic mass is 16.2. The van der Waals surface area contributed by atoms with Crippen LogP contribution in [0.25, 0.3) is 11.3 Å². The first-order valence-electron chi connectivity index (χ1n) is 12.3. The van der Waals surface area contributed by atoms with Crippen LogP contribution in [0.15, 0.2) is 36.3 Å². The van der Waals surface area contributed by atoms with E-state index in [4.69, 9.17) is 5.41 Å². The zero-order valence-electron chi connectivity index (χ0n) is 20.5. The van der Waals surface area contributed by atoms with E-state index in [1.165, 1.54) is 6.08 Å². The monoisotopic (exact) mass is 475 g/mol. The number of nitrogens with one attached hydrogen (secondary N) is 4. The number of aryl methyl sites for hydroxylation is 2. The number of hydrogen-bond acceptors (Lipinski definition) is 6. The number of allylic oxidation sites excluding steroid dienone is 1. The number of hydrogen-bond donors (Lipinski definition) is 4. The van der Waals surface area contributed by atoms with Crippen LogP contribution in [0.2, 0.25) is 0 Å². The molecule has 35 heavy (non-hydrogen) atoms. The molecule has 0 aromatic carbocycles. The van der Waals surface area contributed by atoms with Gasteiger partial charge in [-0.15, -0.1) is 0 Å². The zero-order chi connectivity index (χ0) is 24.8. The van der Waals surface area contributed by atoms with Gasteiger partial charge in [-0.3, -0.25) is 14.3 Å². The van der Waals surface area contributed by atoms with Gasteiger partial charge in [0.05, 0.1) is 11.9 Å². The highest BCUT2D eigenvalue weighted by molar-refractivity contribution is 6.02. The Balaban J connectivity index is 1.40. The maximum atomic E-state index is 13.7. The first-order chi connectivity index (χ1) is 16.8. The van der Waals surface area contributed by atoms with Crippen molar-refractivity contribution in [1.29, 1.82) is 5.41 Å². The van der Waals surface area contributed by atoms with Gasteiger partial charge in [0, 0.05) is 32.1 Å². The predicted molar refractivity (Wildman–Crippen MR) is 134 cm³/mol. The van der Waals surface area contributed by atoms with Gasteiger partial charge >= 0.3 is 0 Å². The lowest BCUT2D eigenvalue weighted by Crippen LogP contribution is -2.53. The third kappa shape index (κ3) is 4.13. The van der Waals surface area contributed by atoms with Crippen molar-refractivity contribution in [2.24, 2.45) is 23.8 Å². The lowest BCUT2D eigenvalue weighted by molar-refractivity contribution is -0.127. The number of amides is 2. The number of likely N-dealkylation sites (N-methyl/N-ethyl adjacent to an activating group) is 1. The molecular formula is C26H33N7O2. The molecule has 184 valence electrons. The van der Waals surface area contributed by atoms with Gasteiger partial charge in [-0.25, -0.2) is 4.98 Å². The minimum absolute atomic E-state index is 0.119.